The number of nitrogens with zero attached hydrogens (tertiary/aromatic N) is 1. The number of halogens is 2. The predicted octanol–water partition coefficient (Wildman–Crippen LogP) is 3.92. The van der Waals surface area contributed by atoms with Crippen LogP contribution in [0, 0.1) is 5.92 Å². The Balaban J connectivity index is 1.44. The van der Waals surface area contributed by atoms with E-state index in [2.05, 4.69) is 10.5 Å². The van der Waals surface area contributed by atoms with E-state index in [4.69, 9.17) is 32.5 Å². The maximum absolute atomic E-state index is 12.1. The molecule has 0 aliphatic carbocycles. The molecule has 0 bridgehead atoms. The van der Waals surface area contributed by atoms with Gasteiger partial charge in [0.1, 0.15) is 5.76 Å². The lowest BCUT2D eigenvalue weighted by Gasteiger charge is -2.07. The SMILES string of the molecule is O=C(NCC1CCOC1)c1cc(CCCc2ccc(Cl)c(Cl)c2)on1. The van der Waals surface area contributed by atoms with Crippen molar-refractivity contribution in [3.63, 3.8) is 0 Å². The molecule has 2 heterocycles. The minimum Gasteiger partial charge on any atom is -0.381 e. The van der Waals surface area contributed by atoms with E-state index < -0.39 is 0 Å². The van der Waals surface area contributed by atoms with Gasteiger partial charge in [0.15, 0.2) is 5.69 Å². The smallest absolute Gasteiger partial charge is 0.273 e. The molecule has 1 aliphatic heterocycles. The first-order chi connectivity index (χ1) is 12.1. The number of hydrogen-bond acceptors (Lipinski definition) is 4. The molecule has 0 spiro atoms. The van der Waals surface area contributed by atoms with E-state index in [0.29, 0.717) is 47.0 Å². The summed E-state index contributed by atoms with van der Waals surface area (Å²) < 4.78 is 10.5. The first-order valence-corrected chi connectivity index (χ1v) is 9.13. The number of aromatic nitrogens is 1. The van der Waals surface area contributed by atoms with Crippen LogP contribution in [0.4, 0.5) is 0 Å². The molecule has 1 aromatic carbocycles. The molecule has 2 aromatic rings. The molecule has 1 N–H and O–H groups in total. The quantitative estimate of drug-likeness (QED) is 0.787. The second-order valence-corrected chi connectivity index (χ2v) is 7.03. The van der Waals surface area contributed by atoms with Crippen molar-refractivity contribution in [2.75, 3.05) is 19.8 Å². The maximum Gasteiger partial charge on any atom is 0.273 e. The molecule has 1 aliphatic rings. The molecule has 1 amide bonds. The Labute approximate surface area is 156 Å². The monoisotopic (exact) mass is 382 g/mol. The van der Waals surface area contributed by atoms with E-state index in [9.17, 15) is 4.79 Å². The van der Waals surface area contributed by atoms with Crippen LogP contribution < -0.4 is 5.32 Å². The summed E-state index contributed by atoms with van der Waals surface area (Å²) in [5, 5.41) is 7.85. The summed E-state index contributed by atoms with van der Waals surface area (Å²) >= 11 is 11.9. The zero-order valence-electron chi connectivity index (χ0n) is 13.8. The van der Waals surface area contributed by atoms with Crippen LogP contribution in [-0.4, -0.2) is 30.8 Å². The van der Waals surface area contributed by atoms with Gasteiger partial charge in [0.2, 0.25) is 0 Å². The Morgan fingerprint density at radius 1 is 1.24 bits per heavy atom. The summed E-state index contributed by atoms with van der Waals surface area (Å²) in [7, 11) is 0. The highest BCUT2D eigenvalue weighted by Crippen LogP contribution is 2.23. The van der Waals surface area contributed by atoms with Crippen molar-refractivity contribution in [1.29, 1.82) is 0 Å². The van der Waals surface area contributed by atoms with Crippen LogP contribution in [0.15, 0.2) is 28.8 Å². The summed E-state index contributed by atoms with van der Waals surface area (Å²) in [4.78, 5) is 12.1. The Morgan fingerprint density at radius 3 is 2.88 bits per heavy atom. The molecule has 1 saturated heterocycles. The molecule has 1 atom stereocenters. The van der Waals surface area contributed by atoms with Gasteiger partial charge in [-0.05, 0) is 37.0 Å². The Bertz CT molecular complexity index is 727. The molecule has 0 saturated carbocycles. The van der Waals surface area contributed by atoms with Gasteiger partial charge in [0.05, 0.1) is 16.7 Å². The summed E-state index contributed by atoms with van der Waals surface area (Å²) in [6, 6.07) is 7.33. The van der Waals surface area contributed by atoms with Crippen LogP contribution in [0.3, 0.4) is 0 Å². The largest absolute Gasteiger partial charge is 0.381 e. The highest BCUT2D eigenvalue weighted by atomic mass is 35.5. The van der Waals surface area contributed by atoms with Crippen molar-refractivity contribution >= 4 is 29.1 Å². The van der Waals surface area contributed by atoms with Crippen LogP contribution in [0.25, 0.3) is 0 Å². The van der Waals surface area contributed by atoms with Gasteiger partial charge in [-0.1, -0.05) is 34.4 Å². The Kier molecular flexibility index (Phi) is 6.34. The Hall–Kier alpha value is -1.56. The van der Waals surface area contributed by atoms with Crippen LogP contribution in [0.2, 0.25) is 10.0 Å². The number of carbonyl (C=O) groups excluding carboxylic acids is 1. The van der Waals surface area contributed by atoms with Gasteiger partial charge >= 0.3 is 0 Å². The molecule has 7 heteroatoms. The number of benzene rings is 1. The molecule has 5 nitrogen and oxygen atoms in total. The fourth-order valence-electron chi connectivity index (χ4n) is 2.77. The van der Waals surface area contributed by atoms with Crippen LogP contribution in [-0.2, 0) is 17.6 Å². The van der Waals surface area contributed by atoms with Crippen LogP contribution in [0.5, 0.6) is 0 Å². The molecule has 3 rings (SSSR count). The summed E-state index contributed by atoms with van der Waals surface area (Å²) in [5.74, 6) is 0.891. The first kappa shape index (κ1) is 18.2. The maximum atomic E-state index is 12.1. The molecule has 1 aromatic heterocycles. The molecule has 134 valence electrons. The van der Waals surface area contributed by atoms with Gasteiger partial charge < -0.3 is 14.6 Å². The number of ether oxygens (including phenoxy) is 1. The van der Waals surface area contributed by atoms with Crippen molar-refractivity contribution in [1.82, 2.24) is 10.5 Å². The fraction of sp³-hybridized carbons (Fsp3) is 0.444. The molecular formula is C18H20Cl2N2O3. The van der Waals surface area contributed by atoms with Gasteiger partial charge in [-0.25, -0.2) is 0 Å². The van der Waals surface area contributed by atoms with Gasteiger partial charge in [0, 0.05) is 31.6 Å². The first-order valence-electron chi connectivity index (χ1n) is 8.37. The van der Waals surface area contributed by atoms with Crippen LogP contribution >= 0.6 is 23.2 Å². The Morgan fingerprint density at radius 2 is 2.12 bits per heavy atom. The minimum atomic E-state index is -0.202. The number of rotatable bonds is 7. The molecule has 25 heavy (non-hydrogen) atoms. The normalized spacial score (nSPS) is 17.0. The van der Waals surface area contributed by atoms with Crippen molar-refractivity contribution in [2.24, 2.45) is 5.92 Å². The molecular weight excluding hydrogens is 363 g/mol. The number of hydrogen-bond donors (Lipinski definition) is 1. The van der Waals surface area contributed by atoms with Gasteiger partial charge in [-0.3, -0.25) is 4.79 Å². The van der Waals surface area contributed by atoms with Crippen molar-refractivity contribution in [2.45, 2.75) is 25.7 Å². The minimum absolute atomic E-state index is 0.202. The standard InChI is InChI=1S/C18H20Cl2N2O3/c19-15-5-4-12(8-16(15)20)2-1-3-14-9-17(22-25-14)18(23)21-10-13-6-7-24-11-13/h4-5,8-9,13H,1-3,6-7,10-11H2,(H,21,23). The second kappa shape index (κ2) is 8.70. The number of nitrogens with one attached hydrogen (secondary N) is 1. The second-order valence-electron chi connectivity index (χ2n) is 6.22. The third-order valence-electron chi connectivity index (χ3n) is 4.24. The van der Waals surface area contributed by atoms with Gasteiger partial charge in [-0.15, -0.1) is 0 Å². The predicted molar refractivity (Wildman–Crippen MR) is 96.2 cm³/mol. The summed E-state index contributed by atoms with van der Waals surface area (Å²) in [5.41, 5.74) is 1.44. The van der Waals surface area contributed by atoms with Crippen molar-refractivity contribution < 1.29 is 14.1 Å². The lowest BCUT2D eigenvalue weighted by atomic mass is 10.1. The van der Waals surface area contributed by atoms with E-state index in [1.165, 1.54) is 0 Å². The summed E-state index contributed by atoms with van der Waals surface area (Å²) in [6.07, 6.45) is 3.41. The van der Waals surface area contributed by atoms with E-state index in [1.54, 1.807) is 12.1 Å². The average Bonchev–Trinajstić information content (AvgIpc) is 3.28. The number of amides is 1. The lowest BCUT2D eigenvalue weighted by molar-refractivity contribution is 0.0936. The third kappa shape index (κ3) is 5.21. The van der Waals surface area contributed by atoms with E-state index in [1.807, 2.05) is 12.1 Å². The van der Waals surface area contributed by atoms with Crippen molar-refractivity contribution in [3.8, 4) is 0 Å². The average molecular weight is 383 g/mol. The van der Waals surface area contributed by atoms with E-state index >= 15 is 0 Å². The zero-order chi connectivity index (χ0) is 17.6. The van der Waals surface area contributed by atoms with Crippen LogP contribution in [0.1, 0.15) is 34.7 Å². The molecule has 1 fully saturated rings. The number of aryl methyl sites for hydroxylation is 2. The van der Waals surface area contributed by atoms with Gasteiger partial charge in [-0.2, -0.15) is 0 Å². The third-order valence-corrected chi connectivity index (χ3v) is 4.98. The van der Waals surface area contributed by atoms with Gasteiger partial charge in [0.25, 0.3) is 5.91 Å². The molecule has 1 unspecified atom stereocenters. The summed E-state index contributed by atoms with van der Waals surface area (Å²) in [6.45, 7) is 2.09. The molecule has 0 radical (unpaired) electrons. The van der Waals surface area contributed by atoms with Crippen molar-refractivity contribution in [3.05, 3.63) is 51.3 Å². The number of carbonyl (C=O) groups is 1. The highest BCUT2D eigenvalue weighted by molar-refractivity contribution is 6.42. The van der Waals surface area contributed by atoms with E-state index in [-0.39, 0.29) is 5.91 Å². The highest BCUT2D eigenvalue weighted by Gasteiger charge is 2.18. The zero-order valence-corrected chi connectivity index (χ0v) is 15.3. The topological polar surface area (TPSA) is 64.4 Å². The lowest BCUT2D eigenvalue weighted by Crippen LogP contribution is -2.29. The fourth-order valence-corrected chi connectivity index (χ4v) is 3.09. The van der Waals surface area contributed by atoms with E-state index in [0.717, 1.165) is 31.4 Å².